The average molecular weight is 309 g/mol. The van der Waals surface area contributed by atoms with Crippen LogP contribution in [0.3, 0.4) is 0 Å². The molecular weight excluding hydrogens is 296 g/mol. The summed E-state index contributed by atoms with van der Waals surface area (Å²) in [7, 11) is 1.65. The van der Waals surface area contributed by atoms with E-state index in [1.807, 2.05) is 30.3 Å². The summed E-state index contributed by atoms with van der Waals surface area (Å²) < 4.78 is 11.4. The average Bonchev–Trinajstić information content (AvgIpc) is 2.40. The van der Waals surface area contributed by atoms with Crippen molar-refractivity contribution in [3.8, 4) is 17.0 Å². The molecule has 18 heavy (non-hydrogen) atoms. The quantitative estimate of drug-likeness (QED) is 0.629. The molecule has 0 aliphatic carbocycles. The monoisotopic (exact) mass is 308 g/mol. The molecule has 1 aromatic carbocycles. The molecule has 94 valence electrons. The summed E-state index contributed by atoms with van der Waals surface area (Å²) in [6.07, 6.45) is 1.52. The van der Waals surface area contributed by atoms with Crippen molar-refractivity contribution in [2.24, 2.45) is 0 Å². The minimum atomic E-state index is 0.514. The minimum absolute atomic E-state index is 0.514. The second-order valence-electron chi connectivity index (χ2n) is 3.56. The number of hydrogen-bond donors (Lipinski definition) is 0. The van der Waals surface area contributed by atoms with Gasteiger partial charge in [-0.05, 0) is 34.1 Å². The van der Waals surface area contributed by atoms with Gasteiger partial charge in [-0.2, -0.15) is 0 Å². The van der Waals surface area contributed by atoms with Crippen LogP contribution in [0.4, 0.5) is 0 Å². The van der Waals surface area contributed by atoms with Gasteiger partial charge in [0.2, 0.25) is 0 Å². The second kappa shape index (κ2) is 6.47. The number of methoxy groups -OCH3 is 1. The van der Waals surface area contributed by atoms with Crippen molar-refractivity contribution in [3.05, 3.63) is 41.3 Å². The van der Waals surface area contributed by atoms with Crippen LogP contribution < -0.4 is 4.74 Å². The van der Waals surface area contributed by atoms with E-state index in [4.69, 9.17) is 9.47 Å². The first-order valence-corrected chi connectivity index (χ1v) is 6.29. The molecule has 0 bridgehead atoms. The Morgan fingerprint density at radius 1 is 1.17 bits per heavy atom. The van der Waals surface area contributed by atoms with E-state index in [9.17, 15) is 0 Å². The maximum absolute atomic E-state index is 5.67. The second-order valence-corrected chi connectivity index (χ2v) is 4.38. The van der Waals surface area contributed by atoms with E-state index >= 15 is 0 Å². The van der Waals surface area contributed by atoms with Crippen molar-refractivity contribution in [2.45, 2.75) is 0 Å². The summed E-state index contributed by atoms with van der Waals surface area (Å²) in [5, 5.41) is 0. The molecule has 1 heterocycles. The van der Waals surface area contributed by atoms with Crippen LogP contribution in [-0.2, 0) is 4.74 Å². The standard InChI is InChI=1S/C13H13BrN2O2/c1-17-6-7-18-12-5-3-2-4-10(12)11-8-13(14)16-9-15-11/h2-5,8-9H,6-7H2,1H3. The Kier molecular flexibility index (Phi) is 4.66. The smallest absolute Gasteiger partial charge is 0.128 e. The third-order valence-corrected chi connectivity index (χ3v) is 2.78. The van der Waals surface area contributed by atoms with Crippen molar-refractivity contribution in [3.63, 3.8) is 0 Å². The Balaban J connectivity index is 2.27. The maximum atomic E-state index is 5.67. The predicted octanol–water partition coefficient (Wildman–Crippen LogP) is 2.93. The van der Waals surface area contributed by atoms with Gasteiger partial charge in [-0.25, -0.2) is 9.97 Å². The Hall–Kier alpha value is -1.46. The summed E-state index contributed by atoms with van der Waals surface area (Å²) in [5.74, 6) is 0.792. The molecule has 1 aromatic heterocycles. The molecule has 0 unspecified atom stereocenters. The van der Waals surface area contributed by atoms with Crippen LogP contribution in [0.25, 0.3) is 11.3 Å². The Morgan fingerprint density at radius 2 is 2.00 bits per heavy atom. The van der Waals surface area contributed by atoms with E-state index in [2.05, 4.69) is 25.9 Å². The van der Waals surface area contributed by atoms with Gasteiger partial charge in [0.1, 0.15) is 23.3 Å². The lowest BCUT2D eigenvalue weighted by atomic mass is 10.1. The van der Waals surface area contributed by atoms with Gasteiger partial charge in [0, 0.05) is 12.7 Å². The first-order valence-electron chi connectivity index (χ1n) is 5.50. The van der Waals surface area contributed by atoms with Crippen molar-refractivity contribution >= 4 is 15.9 Å². The molecule has 0 amide bonds. The van der Waals surface area contributed by atoms with E-state index in [1.165, 1.54) is 6.33 Å². The van der Waals surface area contributed by atoms with Gasteiger partial charge >= 0.3 is 0 Å². The number of halogens is 1. The van der Waals surface area contributed by atoms with Crippen LogP contribution >= 0.6 is 15.9 Å². The first kappa shape index (κ1) is 13.0. The number of rotatable bonds is 5. The van der Waals surface area contributed by atoms with E-state index in [-0.39, 0.29) is 0 Å². The summed E-state index contributed by atoms with van der Waals surface area (Å²) in [6, 6.07) is 9.63. The van der Waals surface area contributed by atoms with Gasteiger partial charge in [-0.15, -0.1) is 0 Å². The van der Waals surface area contributed by atoms with Gasteiger partial charge < -0.3 is 9.47 Å². The van der Waals surface area contributed by atoms with Crippen molar-refractivity contribution in [1.82, 2.24) is 9.97 Å². The third kappa shape index (κ3) is 3.27. The molecule has 0 aliphatic rings. The summed E-state index contributed by atoms with van der Waals surface area (Å²) in [4.78, 5) is 8.26. The zero-order valence-corrected chi connectivity index (χ0v) is 11.6. The molecule has 0 radical (unpaired) electrons. The topological polar surface area (TPSA) is 44.2 Å². The number of nitrogens with zero attached hydrogens (tertiary/aromatic N) is 2. The maximum Gasteiger partial charge on any atom is 0.128 e. The number of benzene rings is 1. The number of ether oxygens (including phenoxy) is 2. The zero-order chi connectivity index (χ0) is 12.8. The van der Waals surface area contributed by atoms with Gasteiger partial charge in [0.05, 0.1) is 12.3 Å². The molecule has 0 spiro atoms. The van der Waals surface area contributed by atoms with Crippen molar-refractivity contribution in [1.29, 1.82) is 0 Å². The van der Waals surface area contributed by atoms with Crippen molar-refractivity contribution < 1.29 is 9.47 Å². The third-order valence-electron chi connectivity index (χ3n) is 2.34. The molecule has 0 atom stereocenters. The van der Waals surface area contributed by atoms with E-state index in [0.29, 0.717) is 13.2 Å². The summed E-state index contributed by atoms with van der Waals surface area (Å²) in [6.45, 7) is 1.07. The van der Waals surface area contributed by atoms with Crippen LogP contribution in [0.15, 0.2) is 41.3 Å². The Morgan fingerprint density at radius 3 is 2.78 bits per heavy atom. The fraction of sp³-hybridized carbons (Fsp3) is 0.231. The van der Waals surface area contributed by atoms with Crippen LogP contribution in [0.5, 0.6) is 5.75 Å². The normalized spacial score (nSPS) is 10.3. The SMILES string of the molecule is COCCOc1ccccc1-c1cc(Br)ncn1. The number of hydrogen-bond acceptors (Lipinski definition) is 4. The lowest BCUT2D eigenvalue weighted by Crippen LogP contribution is -2.05. The largest absolute Gasteiger partial charge is 0.490 e. The van der Waals surface area contributed by atoms with Crippen molar-refractivity contribution in [2.75, 3.05) is 20.3 Å². The van der Waals surface area contributed by atoms with Crippen LogP contribution in [0.2, 0.25) is 0 Å². The molecule has 2 aromatic rings. The highest BCUT2D eigenvalue weighted by Gasteiger charge is 2.07. The highest BCUT2D eigenvalue weighted by molar-refractivity contribution is 9.10. The number of para-hydroxylation sites is 1. The molecule has 4 nitrogen and oxygen atoms in total. The van der Waals surface area contributed by atoms with E-state index in [1.54, 1.807) is 7.11 Å². The van der Waals surface area contributed by atoms with Crippen LogP contribution in [-0.4, -0.2) is 30.3 Å². The van der Waals surface area contributed by atoms with Gasteiger partial charge in [0.25, 0.3) is 0 Å². The Labute approximate surface area is 114 Å². The zero-order valence-electron chi connectivity index (χ0n) is 9.97. The molecule has 0 saturated carbocycles. The first-order chi connectivity index (χ1) is 8.81. The molecule has 0 saturated heterocycles. The highest BCUT2D eigenvalue weighted by atomic mass is 79.9. The lowest BCUT2D eigenvalue weighted by molar-refractivity contribution is 0.146. The molecule has 5 heteroatoms. The number of aromatic nitrogens is 2. The molecule has 2 rings (SSSR count). The van der Waals surface area contributed by atoms with E-state index < -0.39 is 0 Å². The summed E-state index contributed by atoms with van der Waals surface area (Å²) >= 11 is 3.34. The van der Waals surface area contributed by atoms with Gasteiger partial charge in [-0.3, -0.25) is 0 Å². The predicted molar refractivity (Wildman–Crippen MR) is 72.5 cm³/mol. The fourth-order valence-electron chi connectivity index (χ4n) is 1.52. The molecule has 0 fully saturated rings. The van der Waals surface area contributed by atoms with Crippen LogP contribution in [0.1, 0.15) is 0 Å². The molecule has 0 N–H and O–H groups in total. The molecular formula is C13H13BrN2O2. The van der Waals surface area contributed by atoms with Gasteiger partial charge in [0.15, 0.2) is 0 Å². The fourth-order valence-corrected chi connectivity index (χ4v) is 1.83. The highest BCUT2D eigenvalue weighted by Crippen LogP contribution is 2.28. The summed E-state index contributed by atoms with van der Waals surface area (Å²) in [5.41, 5.74) is 1.77. The Bertz CT molecular complexity index is 520. The van der Waals surface area contributed by atoms with Gasteiger partial charge in [-0.1, -0.05) is 12.1 Å². The van der Waals surface area contributed by atoms with Crippen LogP contribution in [0, 0.1) is 0 Å². The lowest BCUT2D eigenvalue weighted by Gasteiger charge is -2.10. The van der Waals surface area contributed by atoms with E-state index in [0.717, 1.165) is 21.6 Å². The minimum Gasteiger partial charge on any atom is -0.490 e. The molecule has 0 aliphatic heterocycles.